The van der Waals surface area contributed by atoms with Crippen LogP contribution in [0, 0.1) is 16.7 Å². The number of hydrogen-bond donors (Lipinski definition) is 1. The highest BCUT2D eigenvalue weighted by atomic mass is 79.9. The predicted molar refractivity (Wildman–Crippen MR) is 87.2 cm³/mol. The number of rotatable bonds is 1. The first-order valence-electron chi connectivity index (χ1n) is 7.07. The van der Waals surface area contributed by atoms with E-state index in [1.807, 2.05) is 24.4 Å². The number of nitriles is 1. The van der Waals surface area contributed by atoms with Gasteiger partial charge in [-0.2, -0.15) is 5.26 Å². The van der Waals surface area contributed by atoms with E-state index in [0.717, 1.165) is 23.0 Å². The van der Waals surface area contributed by atoms with Crippen LogP contribution in [0.1, 0.15) is 43.1 Å². The summed E-state index contributed by atoms with van der Waals surface area (Å²) in [4.78, 5) is 0. The molecule has 1 aromatic carbocycles. The minimum absolute atomic E-state index is 0.0750. The molecule has 0 radical (unpaired) electrons. The first-order valence-corrected chi connectivity index (χ1v) is 7.86. The van der Waals surface area contributed by atoms with Gasteiger partial charge in [0, 0.05) is 22.4 Å². The topological polar surface area (TPSA) is 54.7 Å². The molecule has 3 rings (SSSR count). The molecule has 0 fully saturated rings. The number of benzene rings is 1. The van der Waals surface area contributed by atoms with Gasteiger partial charge in [0.05, 0.1) is 11.3 Å². The molecule has 2 N–H and O–H groups in total. The highest BCUT2D eigenvalue weighted by Crippen LogP contribution is 2.41. The summed E-state index contributed by atoms with van der Waals surface area (Å²) in [5, 5.41) is 9.39. The smallest absolute Gasteiger partial charge is 0.101 e. The number of aromatic nitrogens is 1. The molecule has 1 aliphatic carbocycles. The third-order valence-electron chi connectivity index (χ3n) is 4.18. The second-order valence-corrected chi connectivity index (χ2v) is 7.43. The van der Waals surface area contributed by atoms with Gasteiger partial charge in [-0.25, -0.2) is 0 Å². The maximum Gasteiger partial charge on any atom is 0.101 e. The normalized spacial score (nSPS) is 19.9. The van der Waals surface area contributed by atoms with Gasteiger partial charge in [0.1, 0.15) is 6.07 Å². The van der Waals surface area contributed by atoms with Crippen LogP contribution < -0.4 is 5.73 Å². The van der Waals surface area contributed by atoms with Gasteiger partial charge in [0.15, 0.2) is 0 Å². The Morgan fingerprint density at radius 3 is 2.86 bits per heavy atom. The van der Waals surface area contributed by atoms with Gasteiger partial charge in [-0.05, 0) is 48.1 Å². The van der Waals surface area contributed by atoms with Crippen molar-refractivity contribution in [2.24, 2.45) is 11.1 Å². The van der Waals surface area contributed by atoms with Crippen molar-refractivity contribution in [3.8, 4) is 11.8 Å². The Bertz CT molecular complexity index is 737. The Balaban J connectivity index is 2.17. The predicted octanol–water partition coefficient (Wildman–Crippen LogP) is 4.08. The van der Waals surface area contributed by atoms with Crippen molar-refractivity contribution in [2.45, 2.75) is 32.7 Å². The van der Waals surface area contributed by atoms with Gasteiger partial charge in [-0.1, -0.05) is 29.8 Å². The van der Waals surface area contributed by atoms with E-state index in [-0.39, 0.29) is 11.5 Å². The third kappa shape index (κ3) is 2.52. The molecule has 21 heavy (non-hydrogen) atoms. The van der Waals surface area contributed by atoms with Crippen LogP contribution in [0.25, 0.3) is 5.69 Å². The fourth-order valence-corrected chi connectivity index (χ4v) is 3.63. The van der Waals surface area contributed by atoms with Gasteiger partial charge in [0.2, 0.25) is 0 Å². The van der Waals surface area contributed by atoms with E-state index in [9.17, 15) is 5.26 Å². The van der Waals surface area contributed by atoms with Crippen molar-refractivity contribution in [3.63, 3.8) is 0 Å². The molecule has 1 heterocycles. The first kappa shape index (κ1) is 14.4. The third-order valence-corrected chi connectivity index (χ3v) is 4.68. The molecular weight excluding hydrogens is 326 g/mol. The van der Waals surface area contributed by atoms with Crippen LogP contribution in [0.3, 0.4) is 0 Å². The second-order valence-electron chi connectivity index (χ2n) is 6.51. The Labute approximate surface area is 133 Å². The molecule has 1 unspecified atom stereocenters. The Morgan fingerprint density at radius 1 is 1.38 bits per heavy atom. The van der Waals surface area contributed by atoms with Crippen LogP contribution >= 0.6 is 15.9 Å². The molecule has 3 nitrogen and oxygen atoms in total. The summed E-state index contributed by atoms with van der Waals surface area (Å²) in [6, 6.07) is 10.3. The van der Waals surface area contributed by atoms with Crippen LogP contribution in [-0.4, -0.2) is 4.57 Å². The van der Waals surface area contributed by atoms with Crippen molar-refractivity contribution in [1.29, 1.82) is 5.26 Å². The zero-order valence-electron chi connectivity index (χ0n) is 12.2. The molecule has 0 bridgehead atoms. The Hall–Kier alpha value is -1.57. The molecule has 108 valence electrons. The molecule has 1 aromatic heterocycles. The maximum atomic E-state index is 9.39. The largest absolute Gasteiger partial charge is 0.324 e. The lowest BCUT2D eigenvalue weighted by Gasteiger charge is -2.34. The Morgan fingerprint density at radius 2 is 2.14 bits per heavy atom. The van der Waals surface area contributed by atoms with E-state index < -0.39 is 0 Å². The summed E-state index contributed by atoms with van der Waals surface area (Å²) in [5.74, 6) is 0. The maximum absolute atomic E-state index is 9.39. The summed E-state index contributed by atoms with van der Waals surface area (Å²) in [5.41, 5.74) is 10.5. The molecule has 4 heteroatoms. The zero-order chi connectivity index (χ0) is 15.2. The minimum atomic E-state index is 0.0750. The molecule has 1 aliphatic rings. The molecule has 0 saturated heterocycles. The van der Waals surface area contributed by atoms with Crippen LogP contribution in [0.5, 0.6) is 0 Å². The lowest BCUT2D eigenvalue weighted by atomic mass is 9.74. The summed E-state index contributed by atoms with van der Waals surface area (Å²) >= 11 is 3.42. The van der Waals surface area contributed by atoms with Crippen molar-refractivity contribution in [1.82, 2.24) is 4.57 Å². The van der Waals surface area contributed by atoms with Crippen LogP contribution in [0.15, 0.2) is 34.9 Å². The molecular formula is C17H18BrN3. The lowest BCUT2D eigenvalue weighted by molar-refractivity contribution is 0.278. The molecule has 0 spiro atoms. The van der Waals surface area contributed by atoms with Crippen molar-refractivity contribution >= 4 is 15.9 Å². The fourth-order valence-electron chi connectivity index (χ4n) is 3.27. The van der Waals surface area contributed by atoms with E-state index in [1.165, 1.54) is 11.3 Å². The van der Waals surface area contributed by atoms with Gasteiger partial charge < -0.3 is 10.3 Å². The second kappa shape index (κ2) is 5.01. The number of hydrogen-bond acceptors (Lipinski definition) is 2. The molecule has 2 aromatic rings. The van der Waals surface area contributed by atoms with Crippen LogP contribution in [0.2, 0.25) is 0 Å². The van der Waals surface area contributed by atoms with Crippen LogP contribution in [-0.2, 0) is 6.42 Å². The molecule has 0 amide bonds. The zero-order valence-corrected chi connectivity index (χ0v) is 13.8. The highest BCUT2D eigenvalue weighted by molar-refractivity contribution is 9.10. The van der Waals surface area contributed by atoms with Gasteiger partial charge >= 0.3 is 0 Å². The first-order chi connectivity index (χ1) is 9.91. The van der Waals surface area contributed by atoms with Gasteiger partial charge in [-0.3, -0.25) is 0 Å². The Kier molecular flexibility index (Phi) is 3.43. The van der Waals surface area contributed by atoms with Crippen molar-refractivity contribution in [2.75, 3.05) is 0 Å². The van der Waals surface area contributed by atoms with E-state index in [0.29, 0.717) is 5.56 Å². The summed E-state index contributed by atoms with van der Waals surface area (Å²) in [7, 11) is 0. The van der Waals surface area contributed by atoms with E-state index in [2.05, 4.69) is 46.5 Å². The summed E-state index contributed by atoms with van der Waals surface area (Å²) in [6.45, 7) is 4.50. The SMILES string of the molecule is CC1(C)Cc2c(ccn2-c2ccc(Br)cc2C#N)C(N)C1. The van der Waals surface area contributed by atoms with Crippen molar-refractivity contribution < 1.29 is 0 Å². The quantitative estimate of drug-likeness (QED) is 0.847. The lowest BCUT2D eigenvalue weighted by Crippen LogP contribution is -2.30. The van der Waals surface area contributed by atoms with E-state index in [1.54, 1.807) is 0 Å². The average Bonchev–Trinajstić information content (AvgIpc) is 2.81. The fraction of sp³-hybridized carbons (Fsp3) is 0.353. The molecule has 1 atom stereocenters. The van der Waals surface area contributed by atoms with Crippen LogP contribution in [0.4, 0.5) is 0 Å². The highest BCUT2D eigenvalue weighted by Gasteiger charge is 2.32. The monoisotopic (exact) mass is 343 g/mol. The van der Waals surface area contributed by atoms with Gasteiger partial charge in [0.25, 0.3) is 0 Å². The number of fused-ring (bicyclic) bond motifs is 1. The minimum Gasteiger partial charge on any atom is -0.324 e. The van der Waals surface area contributed by atoms with Crippen molar-refractivity contribution in [3.05, 3.63) is 51.8 Å². The number of halogens is 1. The van der Waals surface area contributed by atoms with Gasteiger partial charge in [-0.15, -0.1) is 0 Å². The van der Waals surface area contributed by atoms with E-state index in [4.69, 9.17) is 5.73 Å². The number of nitrogens with zero attached hydrogens (tertiary/aromatic N) is 2. The average molecular weight is 344 g/mol. The number of nitrogens with two attached hydrogens (primary N) is 1. The molecule has 0 aliphatic heterocycles. The molecule has 0 saturated carbocycles. The standard InChI is InChI=1S/C17H18BrN3/c1-17(2)8-14(20)13-5-6-21(16(13)9-17)15-4-3-12(18)7-11(15)10-19/h3-7,14H,8-9,20H2,1-2H3. The summed E-state index contributed by atoms with van der Waals surface area (Å²) < 4.78 is 3.04. The van der Waals surface area contributed by atoms with E-state index >= 15 is 0 Å². The summed E-state index contributed by atoms with van der Waals surface area (Å²) in [6.07, 6.45) is 4.01.